The minimum Gasteiger partial charge on any atom is -0.375 e. The van der Waals surface area contributed by atoms with Crippen LogP contribution in [0.2, 0.25) is 5.02 Å². The predicted octanol–water partition coefficient (Wildman–Crippen LogP) is 5.14. The Balaban J connectivity index is 0.00000172. The monoisotopic (exact) mass is 547 g/mol. The summed E-state index contributed by atoms with van der Waals surface area (Å²) in [6, 6.07) is 13.7. The number of methoxy groups -OCH3 is 1. The lowest BCUT2D eigenvalue weighted by Gasteiger charge is -2.34. The van der Waals surface area contributed by atoms with Gasteiger partial charge in [-0.15, -0.1) is 12.8 Å². The molecule has 0 spiro atoms. The van der Waals surface area contributed by atoms with E-state index in [0.717, 1.165) is 5.56 Å². The van der Waals surface area contributed by atoms with Crippen LogP contribution in [0, 0.1) is 24.6 Å². The zero-order valence-electron chi connectivity index (χ0n) is 22.3. The number of halogens is 3. The van der Waals surface area contributed by atoms with Crippen molar-refractivity contribution >= 4 is 17.5 Å². The number of carbonyl (C=O) groups is 1. The molecular formula is C28H36ClF2N5O2. The number of hydrogen-bond acceptors (Lipinski definition) is 5. The van der Waals surface area contributed by atoms with E-state index in [4.69, 9.17) is 27.1 Å². The fraction of sp³-hybridized carbons (Fsp3) is 0.393. The van der Waals surface area contributed by atoms with Gasteiger partial charge in [0.1, 0.15) is 12.4 Å². The molecule has 0 bridgehead atoms. The first kappa shape index (κ1) is 32.7. The number of ether oxygens (including phenoxy) is 1. The van der Waals surface area contributed by atoms with E-state index in [1.165, 1.54) is 25.3 Å². The lowest BCUT2D eigenvalue weighted by molar-refractivity contribution is -0.139. The van der Waals surface area contributed by atoms with Crippen molar-refractivity contribution < 1.29 is 18.3 Å². The van der Waals surface area contributed by atoms with Crippen LogP contribution in [0.15, 0.2) is 48.5 Å². The minimum atomic E-state index is -0.468. The van der Waals surface area contributed by atoms with Gasteiger partial charge in [-0.25, -0.2) is 14.1 Å². The van der Waals surface area contributed by atoms with Crippen LogP contribution in [0.3, 0.4) is 0 Å². The summed E-state index contributed by atoms with van der Waals surface area (Å²) in [4.78, 5) is 19.5. The molecule has 1 atom stereocenters. The highest BCUT2D eigenvalue weighted by Gasteiger charge is 2.32. The van der Waals surface area contributed by atoms with E-state index in [1.807, 2.05) is 44.2 Å². The second-order valence-electron chi connectivity index (χ2n) is 8.41. The van der Waals surface area contributed by atoms with Gasteiger partial charge in [-0.1, -0.05) is 55.8 Å². The molecule has 0 aliphatic carbocycles. The van der Waals surface area contributed by atoms with Gasteiger partial charge in [0, 0.05) is 18.7 Å². The average molecular weight is 548 g/mol. The van der Waals surface area contributed by atoms with E-state index >= 15 is 0 Å². The smallest absolute Gasteiger partial charge is 0.249 e. The Morgan fingerprint density at radius 2 is 1.84 bits per heavy atom. The maximum absolute atomic E-state index is 14.7. The molecule has 0 saturated carbocycles. The minimum absolute atomic E-state index is 0.00522. The largest absolute Gasteiger partial charge is 0.375 e. The molecule has 7 nitrogen and oxygen atoms in total. The predicted molar refractivity (Wildman–Crippen MR) is 148 cm³/mol. The third-order valence-electron chi connectivity index (χ3n) is 5.47. The van der Waals surface area contributed by atoms with Gasteiger partial charge in [0.25, 0.3) is 0 Å². The van der Waals surface area contributed by atoms with Crippen LogP contribution < -0.4 is 5.73 Å². The molecule has 2 N–H and O–H groups in total. The van der Waals surface area contributed by atoms with Gasteiger partial charge >= 0.3 is 0 Å². The fourth-order valence-corrected chi connectivity index (χ4v) is 4.09. The molecule has 3 rings (SSSR count). The van der Waals surface area contributed by atoms with E-state index in [0.29, 0.717) is 44.1 Å². The van der Waals surface area contributed by atoms with Gasteiger partial charge < -0.3 is 15.4 Å². The first-order valence-electron chi connectivity index (χ1n) is 12.0. The second-order valence-corrected chi connectivity index (χ2v) is 8.85. The Morgan fingerprint density at radius 3 is 2.42 bits per heavy atom. The Labute approximate surface area is 229 Å². The Morgan fingerprint density at radius 1 is 1.18 bits per heavy atom. The van der Waals surface area contributed by atoms with E-state index in [9.17, 15) is 13.6 Å². The highest BCUT2D eigenvalue weighted by molar-refractivity contribution is 6.30. The molecule has 206 valence electrons. The summed E-state index contributed by atoms with van der Waals surface area (Å²) in [6.07, 6.45) is 8.63. The molecule has 0 saturated heterocycles. The molecule has 38 heavy (non-hydrogen) atoms. The van der Waals surface area contributed by atoms with Crippen LogP contribution in [0.5, 0.6) is 0 Å². The number of nitrogens with zero attached hydrogens (tertiary/aromatic N) is 4. The van der Waals surface area contributed by atoms with Crippen molar-refractivity contribution in [3.05, 3.63) is 70.8 Å². The normalized spacial score (nSPS) is 11.1. The molecule has 2 aromatic carbocycles. The number of hydrogen-bond donors (Lipinski definition) is 1. The van der Waals surface area contributed by atoms with Crippen molar-refractivity contribution in [2.24, 2.45) is 11.7 Å². The SMILES string of the molecule is C#C.CF.COCC(=O)N(CCCN)[C@@H](c1nc(-c2cc(Cl)ccc2F)nn1Cc1ccccc1)C(C)C. The summed E-state index contributed by atoms with van der Waals surface area (Å²) < 4.78 is 31.1. The number of amides is 1. The first-order chi connectivity index (χ1) is 18.3. The van der Waals surface area contributed by atoms with Gasteiger partial charge in [0.05, 0.1) is 25.3 Å². The quantitative estimate of drug-likeness (QED) is 0.336. The maximum atomic E-state index is 14.7. The van der Waals surface area contributed by atoms with Gasteiger partial charge in [-0.05, 0) is 42.6 Å². The van der Waals surface area contributed by atoms with Crippen LogP contribution >= 0.6 is 11.6 Å². The number of nitrogens with two attached hydrogens (primary N) is 1. The van der Waals surface area contributed by atoms with Crippen LogP contribution in [0.1, 0.15) is 37.7 Å². The molecule has 1 heterocycles. The summed E-state index contributed by atoms with van der Waals surface area (Å²) in [7, 11) is 1.99. The van der Waals surface area contributed by atoms with Crippen molar-refractivity contribution in [1.82, 2.24) is 19.7 Å². The van der Waals surface area contributed by atoms with Gasteiger partial charge in [0.15, 0.2) is 11.6 Å². The maximum Gasteiger partial charge on any atom is 0.249 e. The van der Waals surface area contributed by atoms with Gasteiger partial charge in [0.2, 0.25) is 5.91 Å². The number of aromatic nitrogens is 3. The highest BCUT2D eigenvalue weighted by Crippen LogP contribution is 2.31. The number of terminal acetylenes is 1. The van der Waals surface area contributed by atoms with Crippen molar-refractivity contribution in [2.45, 2.75) is 32.9 Å². The lowest BCUT2D eigenvalue weighted by atomic mass is 10.0. The summed E-state index contributed by atoms with van der Waals surface area (Å²) in [5.41, 5.74) is 6.97. The molecule has 1 aromatic heterocycles. The Hall–Kier alpha value is -3.32. The lowest BCUT2D eigenvalue weighted by Crippen LogP contribution is -2.42. The summed E-state index contributed by atoms with van der Waals surface area (Å²) in [6.45, 7) is 5.27. The molecule has 1 amide bonds. The second kappa shape index (κ2) is 17.2. The molecule has 0 aliphatic rings. The summed E-state index contributed by atoms with van der Waals surface area (Å²) in [5.74, 6) is 0.141. The molecule has 10 heteroatoms. The van der Waals surface area contributed by atoms with Gasteiger partial charge in [-0.2, -0.15) is 5.10 Å². The first-order valence-corrected chi connectivity index (χ1v) is 12.4. The topological polar surface area (TPSA) is 86.3 Å². The van der Waals surface area contributed by atoms with Crippen LogP contribution in [0.25, 0.3) is 11.4 Å². The Kier molecular flexibility index (Phi) is 14.8. The van der Waals surface area contributed by atoms with Crippen molar-refractivity contribution in [3.8, 4) is 24.2 Å². The zero-order valence-corrected chi connectivity index (χ0v) is 23.0. The third kappa shape index (κ3) is 8.91. The van der Waals surface area contributed by atoms with Crippen molar-refractivity contribution in [3.63, 3.8) is 0 Å². The van der Waals surface area contributed by atoms with E-state index in [1.54, 1.807) is 9.58 Å². The van der Waals surface area contributed by atoms with Crippen molar-refractivity contribution in [1.29, 1.82) is 0 Å². The summed E-state index contributed by atoms with van der Waals surface area (Å²) >= 11 is 6.13. The van der Waals surface area contributed by atoms with E-state index < -0.39 is 11.9 Å². The zero-order chi connectivity index (χ0) is 28.7. The van der Waals surface area contributed by atoms with E-state index in [2.05, 4.69) is 17.9 Å². The van der Waals surface area contributed by atoms with E-state index in [-0.39, 0.29) is 29.8 Å². The molecule has 0 aliphatic heterocycles. The molecule has 0 unspecified atom stereocenters. The summed E-state index contributed by atoms with van der Waals surface area (Å²) in [5, 5.41) is 5.05. The number of benzene rings is 2. The van der Waals surface area contributed by atoms with Crippen molar-refractivity contribution in [2.75, 3.05) is 34.0 Å². The fourth-order valence-electron chi connectivity index (χ4n) is 3.91. The number of rotatable bonds is 11. The van der Waals surface area contributed by atoms with Crippen LogP contribution in [-0.2, 0) is 16.1 Å². The van der Waals surface area contributed by atoms with Crippen LogP contribution in [-0.4, -0.2) is 59.6 Å². The number of alkyl halides is 1. The molecular weight excluding hydrogens is 512 g/mol. The number of carbonyl (C=O) groups excluding carboxylic acids is 1. The third-order valence-corrected chi connectivity index (χ3v) is 5.70. The molecule has 3 aromatic rings. The van der Waals surface area contributed by atoms with Gasteiger partial charge in [-0.3, -0.25) is 9.18 Å². The molecule has 0 radical (unpaired) electrons. The molecule has 0 fully saturated rings. The standard InChI is InChI=1S/C25H31ClFN5O2.C2H2.CH3F/c1-17(2)23(31(13-7-12-28)22(33)16-34-3)25-29-24(20-14-19(26)10-11-21(20)27)30-32(25)15-18-8-5-4-6-9-18;2*1-2/h4-6,8-11,14,17,23H,7,12-13,15-16,28H2,1-3H3;1-2H;1H3/t23-;;/m1../s1. The van der Waals surface area contributed by atoms with Crippen LogP contribution in [0.4, 0.5) is 8.78 Å². The highest BCUT2D eigenvalue weighted by atomic mass is 35.5. The average Bonchev–Trinajstić information content (AvgIpc) is 3.33. The Bertz CT molecular complexity index is 1140.